The van der Waals surface area contributed by atoms with Crippen LogP contribution in [0.3, 0.4) is 0 Å². The number of methoxy groups -OCH3 is 1. The number of hydrogen-bond donors (Lipinski definition) is 0. The summed E-state index contributed by atoms with van der Waals surface area (Å²) in [5.74, 6) is -0.0690. The zero-order valence-corrected chi connectivity index (χ0v) is 17.9. The van der Waals surface area contributed by atoms with Crippen LogP contribution in [0.1, 0.15) is 11.1 Å². The summed E-state index contributed by atoms with van der Waals surface area (Å²) in [4.78, 5) is 16.5. The number of rotatable bonds is 10. The highest BCUT2D eigenvalue weighted by Gasteiger charge is 2.13. The van der Waals surface area contributed by atoms with Gasteiger partial charge < -0.3 is 19.3 Å². The van der Waals surface area contributed by atoms with E-state index in [-0.39, 0.29) is 17.4 Å². The second kappa shape index (κ2) is 11.5. The molecular formula is C22H25ClF2N2O3. The number of benzene rings is 2. The summed E-state index contributed by atoms with van der Waals surface area (Å²) in [5, 5.41) is 0.637. The zero-order valence-electron chi connectivity index (χ0n) is 17.1. The Bertz CT molecular complexity index is 858. The second-order valence-electron chi connectivity index (χ2n) is 6.81. The predicted molar refractivity (Wildman–Crippen MR) is 114 cm³/mol. The number of ether oxygens (including phenoxy) is 2. The van der Waals surface area contributed by atoms with Gasteiger partial charge >= 0.3 is 6.61 Å². The number of amides is 1. The first-order valence-corrected chi connectivity index (χ1v) is 9.65. The van der Waals surface area contributed by atoms with Crippen LogP contribution in [0.5, 0.6) is 11.5 Å². The van der Waals surface area contributed by atoms with Gasteiger partial charge in [-0.1, -0.05) is 29.8 Å². The molecule has 0 atom stereocenters. The van der Waals surface area contributed by atoms with Crippen molar-refractivity contribution in [1.29, 1.82) is 0 Å². The van der Waals surface area contributed by atoms with Crippen molar-refractivity contribution in [3.8, 4) is 11.5 Å². The maximum absolute atomic E-state index is 12.8. The van der Waals surface area contributed by atoms with E-state index in [1.54, 1.807) is 29.2 Å². The van der Waals surface area contributed by atoms with Crippen LogP contribution < -0.4 is 9.47 Å². The summed E-state index contributed by atoms with van der Waals surface area (Å²) in [5.41, 5.74) is 1.59. The molecule has 0 saturated heterocycles. The van der Waals surface area contributed by atoms with E-state index in [0.717, 1.165) is 5.56 Å². The molecule has 162 valence electrons. The van der Waals surface area contributed by atoms with Crippen LogP contribution in [0.4, 0.5) is 8.78 Å². The Morgan fingerprint density at radius 1 is 1.10 bits per heavy atom. The number of alkyl halides is 2. The molecule has 0 aliphatic heterocycles. The molecular weight excluding hydrogens is 414 g/mol. The summed E-state index contributed by atoms with van der Waals surface area (Å²) in [7, 11) is 5.24. The molecule has 2 aromatic carbocycles. The van der Waals surface area contributed by atoms with Gasteiger partial charge in [0.15, 0.2) is 11.5 Å². The molecule has 0 aromatic heterocycles. The molecule has 2 aromatic rings. The van der Waals surface area contributed by atoms with Crippen molar-refractivity contribution in [2.75, 3.05) is 34.3 Å². The minimum Gasteiger partial charge on any atom is -0.493 e. The molecule has 8 heteroatoms. The lowest BCUT2D eigenvalue weighted by atomic mass is 10.1. The molecule has 30 heavy (non-hydrogen) atoms. The van der Waals surface area contributed by atoms with Crippen LogP contribution in [-0.4, -0.2) is 56.6 Å². The third-order valence-corrected chi connectivity index (χ3v) is 4.49. The molecule has 0 unspecified atom stereocenters. The first-order chi connectivity index (χ1) is 14.3. The van der Waals surface area contributed by atoms with Gasteiger partial charge in [-0.25, -0.2) is 0 Å². The number of nitrogens with zero attached hydrogens (tertiary/aromatic N) is 2. The number of carbonyl (C=O) groups excluding carboxylic acids is 1. The maximum Gasteiger partial charge on any atom is 0.387 e. The van der Waals surface area contributed by atoms with Gasteiger partial charge in [0.1, 0.15) is 0 Å². The lowest BCUT2D eigenvalue weighted by Gasteiger charge is -2.23. The summed E-state index contributed by atoms with van der Waals surface area (Å²) in [6.07, 6.45) is 3.07. The Hall–Kier alpha value is -2.64. The van der Waals surface area contributed by atoms with Gasteiger partial charge in [0.25, 0.3) is 0 Å². The lowest BCUT2D eigenvalue weighted by molar-refractivity contribution is -0.126. The van der Waals surface area contributed by atoms with E-state index >= 15 is 0 Å². The Kier molecular flexibility index (Phi) is 9.08. The number of carbonyl (C=O) groups is 1. The largest absolute Gasteiger partial charge is 0.493 e. The zero-order chi connectivity index (χ0) is 22.1. The van der Waals surface area contributed by atoms with Crippen molar-refractivity contribution in [3.05, 3.63) is 64.7 Å². The Morgan fingerprint density at radius 2 is 1.80 bits per heavy atom. The van der Waals surface area contributed by atoms with E-state index in [4.69, 9.17) is 16.3 Å². The molecule has 1 amide bonds. The molecule has 0 fully saturated rings. The maximum atomic E-state index is 12.8. The molecule has 5 nitrogen and oxygen atoms in total. The van der Waals surface area contributed by atoms with E-state index in [0.29, 0.717) is 30.2 Å². The smallest absolute Gasteiger partial charge is 0.387 e. The van der Waals surface area contributed by atoms with Crippen molar-refractivity contribution >= 4 is 23.6 Å². The fraction of sp³-hybridized carbons (Fsp3) is 0.318. The summed E-state index contributed by atoms with van der Waals surface area (Å²) in [6.45, 7) is -1.25. The molecule has 0 aliphatic carbocycles. The molecule has 0 spiro atoms. The molecule has 0 aliphatic rings. The molecule has 0 radical (unpaired) electrons. The van der Waals surface area contributed by atoms with Gasteiger partial charge in [0.05, 0.1) is 7.11 Å². The van der Waals surface area contributed by atoms with E-state index < -0.39 is 6.61 Å². The number of likely N-dealkylation sites (N-methyl/N-ethyl adjacent to an activating group) is 1. The lowest BCUT2D eigenvalue weighted by Crippen LogP contribution is -2.35. The topological polar surface area (TPSA) is 42.0 Å². The molecule has 0 saturated carbocycles. The van der Waals surface area contributed by atoms with Crippen molar-refractivity contribution in [2.45, 2.75) is 13.2 Å². The summed E-state index contributed by atoms with van der Waals surface area (Å²) < 4.78 is 34.4. The fourth-order valence-corrected chi connectivity index (χ4v) is 2.78. The van der Waals surface area contributed by atoms with Gasteiger partial charge in [-0.2, -0.15) is 8.78 Å². The van der Waals surface area contributed by atoms with Crippen LogP contribution in [0.15, 0.2) is 48.5 Å². The van der Waals surface area contributed by atoms with Crippen LogP contribution >= 0.6 is 11.6 Å². The SMILES string of the molecule is COc1cc(/C=C/C(=O)N(CCN(C)C)Cc2ccc(Cl)cc2)ccc1OC(F)F. The van der Waals surface area contributed by atoms with Gasteiger partial charge in [-0.3, -0.25) is 4.79 Å². The highest BCUT2D eigenvalue weighted by Crippen LogP contribution is 2.29. The van der Waals surface area contributed by atoms with Crippen LogP contribution in [0, 0.1) is 0 Å². The average molecular weight is 439 g/mol. The van der Waals surface area contributed by atoms with Crippen LogP contribution in [-0.2, 0) is 11.3 Å². The summed E-state index contributed by atoms with van der Waals surface area (Å²) >= 11 is 5.94. The average Bonchev–Trinajstić information content (AvgIpc) is 2.70. The third-order valence-electron chi connectivity index (χ3n) is 4.24. The van der Waals surface area contributed by atoms with Gasteiger partial charge in [-0.05, 0) is 55.6 Å². The third kappa shape index (κ3) is 7.65. The quantitative estimate of drug-likeness (QED) is 0.510. The van der Waals surface area contributed by atoms with Crippen molar-refractivity contribution in [3.63, 3.8) is 0 Å². The van der Waals surface area contributed by atoms with E-state index in [2.05, 4.69) is 4.74 Å². The van der Waals surface area contributed by atoms with E-state index in [1.807, 2.05) is 31.1 Å². The normalized spacial score (nSPS) is 11.3. The Labute approximate surface area is 180 Å². The van der Waals surface area contributed by atoms with Gasteiger partial charge in [-0.15, -0.1) is 0 Å². The first-order valence-electron chi connectivity index (χ1n) is 9.27. The summed E-state index contributed by atoms with van der Waals surface area (Å²) in [6, 6.07) is 11.8. The Balaban J connectivity index is 2.14. The van der Waals surface area contributed by atoms with Crippen molar-refractivity contribution in [2.24, 2.45) is 0 Å². The first kappa shape index (κ1) is 23.6. The van der Waals surface area contributed by atoms with E-state index in [1.165, 1.54) is 25.3 Å². The Morgan fingerprint density at radius 3 is 2.40 bits per heavy atom. The minimum atomic E-state index is -2.94. The highest BCUT2D eigenvalue weighted by molar-refractivity contribution is 6.30. The molecule has 0 N–H and O–H groups in total. The second-order valence-corrected chi connectivity index (χ2v) is 7.25. The van der Waals surface area contributed by atoms with Crippen molar-refractivity contribution in [1.82, 2.24) is 9.80 Å². The van der Waals surface area contributed by atoms with Gasteiger partial charge in [0, 0.05) is 30.7 Å². The van der Waals surface area contributed by atoms with Gasteiger partial charge in [0.2, 0.25) is 5.91 Å². The van der Waals surface area contributed by atoms with E-state index in [9.17, 15) is 13.6 Å². The van der Waals surface area contributed by atoms with Crippen molar-refractivity contribution < 1.29 is 23.0 Å². The molecule has 2 rings (SSSR count). The number of halogens is 3. The molecule has 0 heterocycles. The predicted octanol–water partition coefficient (Wildman–Crippen LogP) is 4.55. The van der Waals surface area contributed by atoms with Crippen LogP contribution in [0.2, 0.25) is 5.02 Å². The minimum absolute atomic E-state index is 0.0636. The standard InChI is InChI=1S/C22H25ClF2N2O3/c1-26(2)12-13-27(15-17-4-8-18(23)9-5-17)21(28)11-7-16-6-10-19(30-22(24)25)20(14-16)29-3/h4-11,14,22H,12-13,15H2,1-3H3/b11-7+. The monoisotopic (exact) mass is 438 g/mol. The highest BCUT2D eigenvalue weighted by atomic mass is 35.5. The van der Waals surface area contributed by atoms with Crippen LogP contribution in [0.25, 0.3) is 6.08 Å². The fourth-order valence-electron chi connectivity index (χ4n) is 2.65. The number of hydrogen-bond acceptors (Lipinski definition) is 4. The molecule has 0 bridgehead atoms.